The third kappa shape index (κ3) is 5.42. The highest BCUT2D eigenvalue weighted by Crippen LogP contribution is 2.27. The Morgan fingerprint density at radius 3 is 2.91 bits per heavy atom. The third-order valence-electron chi connectivity index (χ3n) is 4.62. The lowest BCUT2D eigenvalue weighted by Crippen LogP contribution is -2.50. The molecule has 0 saturated carbocycles. The molecule has 2 heterocycles. The first kappa shape index (κ1) is 20.3. The Labute approximate surface area is 156 Å². The predicted octanol–water partition coefficient (Wildman–Crippen LogP) is 1.46. The van der Waals surface area contributed by atoms with Gasteiger partial charge in [-0.1, -0.05) is 6.92 Å². The van der Waals surface area contributed by atoms with Crippen LogP contribution in [0.4, 0.5) is 0 Å². The second-order valence-corrected chi connectivity index (χ2v) is 7.34. The van der Waals surface area contributed by atoms with Crippen LogP contribution >= 0.6 is 35.7 Å². The van der Waals surface area contributed by atoms with Crippen LogP contribution < -0.4 is 5.32 Å². The van der Waals surface area contributed by atoms with Crippen molar-refractivity contribution in [3.63, 3.8) is 0 Å². The largest absolute Gasteiger partial charge is 0.387 e. The molecule has 22 heavy (non-hydrogen) atoms. The molecule has 0 aliphatic carbocycles. The standard InChI is InChI=1S/C15H30N4OS.HI/c1-4-19-8-5-6-13(19)10-18(3)14(16-2)17-11-15(20)7-9-21-12-15;/h13,20H,4-12H2,1-3H3,(H,16,17);1H. The molecule has 5 nitrogen and oxygen atoms in total. The first-order valence-electron chi connectivity index (χ1n) is 8.04. The van der Waals surface area contributed by atoms with E-state index in [9.17, 15) is 5.11 Å². The van der Waals surface area contributed by atoms with E-state index in [0.717, 1.165) is 37.0 Å². The second kappa shape index (κ2) is 9.54. The quantitative estimate of drug-likeness (QED) is 0.384. The van der Waals surface area contributed by atoms with Crippen molar-refractivity contribution >= 4 is 41.7 Å². The van der Waals surface area contributed by atoms with Gasteiger partial charge in [-0.15, -0.1) is 24.0 Å². The Bertz CT molecular complexity index is 363. The van der Waals surface area contributed by atoms with Crippen molar-refractivity contribution in [2.75, 3.05) is 51.8 Å². The van der Waals surface area contributed by atoms with Crippen LogP contribution in [0.2, 0.25) is 0 Å². The Kier molecular flexibility index (Phi) is 8.81. The topological polar surface area (TPSA) is 51.1 Å². The van der Waals surface area contributed by atoms with Crippen LogP contribution in [0.3, 0.4) is 0 Å². The first-order valence-corrected chi connectivity index (χ1v) is 9.19. The molecule has 0 aromatic rings. The molecular weight excluding hydrogens is 411 g/mol. The van der Waals surface area contributed by atoms with Gasteiger partial charge in [0.15, 0.2) is 5.96 Å². The first-order chi connectivity index (χ1) is 10.1. The summed E-state index contributed by atoms with van der Waals surface area (Å²) in [6.07, 6.45) is 3.45. The van der Waals surface area contributed by atoms with Crippen LogP contribution in [0.5, 0.6) is 0 Å². The van der Waals surface area contributed by atoms with Crippen LogP contribution in [0.25, 0.3) is 0 Å². The van der Waals surface area contributed by atoms with E-state index in [1.807, 2.05) is 18.8 Å². The van der Waals surface area contributed by atoms with E-state index in [4.69, 9.17) is 0 Å². The minimum Gasteiger partial charge on any atom is -0.387 e. The summed E-state index contributed by atoms with van der Waals surface area (Å²) in [6.45, 7) is 6.18. The highest BCUT2D eigenvalue weighted by Gasteiger charge is 2.32. The normalized spacial score (nSPS) is 29.5. The van der Waals surface area contributed by atoms with Crippen molar-refractivity contribution in [3.8, 4) is 0 Å². The average Bonchev–Trinajstić information content (AvgIpc) is 3.09. The van der Waals surface area contributed by atoms with E-state index in [2.05, 4.69) is 34.1 Å². The number of likely N-dealkylation sites (tertiary alicyclic amines) is 1. The maximum Gasteiger partial charge on any atom is 0.193 e. The summed E-state index contributed by atoms with van der Waals surface area (Å²) < 4.78 is 0. The van der Waals surface area contributed by atoms with Crippen LogP contribution in [0.1, 0.15) is 26.2 Å². The van der Waals surface area contributed by atoms with E-state index >= 15 is 0 Å². The average molecular weight is 442 g/mol. The number of thioether (sulfide) groups is 1. The molecule has 2 aliphatic rings. The molecule has 2 saturated heterocycles. The number of halogens is 1. The molecule has 0 aromatic heterocycles. The Morgan fingerprint density at radius 1 is 1.55 bits per heavy atom. The summed E-state index contributed by atoms with van der Waals surface area (Å²) in [5.41, 5.74) is -0.565. The summed E-state index contributed by atoms with van der Waals surface area (Å²) in [5, 5.41) is 13.8. The second-order valence-electron chi connectivity index (χ2n) is 6.23. The van der Waals surface area contributed by atoms with Crippen molar-refractivity contribution in [2.24, 2.45) is 4.99 Å². The molecule has 0 radical (unpaired) electrons. The molecule has 2 rings (SSSR count). The van der Waals surface area contributed by atoms with Gasteiger partial charge in [-0.25, -0.2) is 0 Å². The van der Waals surface area contributed by atoms with E-state index in [1.165, 1.54) is 19.4 Å². The summed E-state index contributed by atoms with van der Waals surface area (Å²) in [5.74, 6) is 2.77. The van der Waals surface area contributed by atoms with Gasteiger partial charge < -0.3 is 15.3 Å². The molecule has 2 fully saturated rings. The number of hydrogen-bond acceptors (Lipinski definition) is 4. The predicted molar refractivity (Wildman–Crippen MR) is 107 cm³/mol. The van der Waals surface area contributed by atoms with Crippen LogP contribution in [0, 0.1) is 0 Å². The zero-order valence-corrected chi connectivity index (χ0v) is 17.2. The summed E-state index contributed by atoms with van der Waals surface area (Å²) in [7, 11) is 3.91. The SMILES string of the molecule is CCN1CCCC1CN(C)C(=NC)NCC1(O)CCSC1.I. The molecular formula is C15H31IN4OS. The Balaban J connectivity index is 0.00000242. The van der Waals surface area contributed by atoms with Gasteiger partial charge in [0.1, 0.15) is 0 Å². The molecule has 0 bridgehead atoms. The minimum absolute atomic E-state index is 0. The van der Waals surface area contributed by atoms with E-state index < -0.39 is 5.60 Å². The van der Waals surface area contributed by atoms with Crippen molar-refractivity contribution in [3.05, 3.63) is 0 Å². The number of likely N-dealkylation sites (N-methyl/N-ethyl adjacent to an activating group) is 2. The number of nitrogens with zero attached hydrogens (tertiary/aromatic N) is 3. The highest BCUT2D eigenvalue weighted by atomic mass is 127. The molecule has 0 spiro atoms. The minimum atomic E-state index is -0.565. The van der Waals surface area contributed by atoms with Crippen LogP contribution in [0.15, 0.2) is 4.99 Å². The summed E-state index contributed by atoms with van der Waals surface area (Å²) in [4.78, 5) is 9.11. The third-order valence-corrected chi connectivity index (χ3v) is 5.86. The lowest BCUT2D eigenvalue weighted by molar-refractivity contribution is 0.0717. The van der Waals surface area contributed by atoms with E-state index in [1.54, 1.807) is 0 Å². The fraction of sp³-hybridized carbons (Fsp3) is 0.933. The molecule has 2 N–H and O–H groups in total. The van der Waals surface area contributed by atoms with E-state index in [-0.39, 0.29) is 24.0 Å². The van der Waals surface area contributed by atoms with Gasteiger partial charge >= 0.3 is 0 Å². The number of aliphatic hydroxyl groups is 1. The smallest absolute Gasteiger partial charge is 0.193 e. The van der Waals surface area contributed by atoms with Gasteiger partial charge in [0, 0.05) is 39.0 Å². The zero-order chi connectivity index (χ0) is 15.3. The summed E-state index contributed by atoms with van der Waals surface area (Å²) in [6, 6.07) is 0.628. The maximum absolute atomic E-state index is 10.4. The number of hydrogen-bond donors (Lipinski definition) is 2. The summed E-state index contributed by atoms with van der Waals surface area (Å²) >= 11 is 1.83. The number of guanidine groups is 1. The lowest BCUT2D eigenvalue weighted by Gasteiger charge is -2.31. The molecule has 130 valence electrons. The molecule has 2 unspecified atom stereocenters. The maximum atomic E-state index is 10.4. The van der Waals surface area contributed by atoms with Crippen molar-refractivity contribution in [1.29, 1.82) is 0 Å². The molecule has 0 aromatic carbocycles. The lowest BCUT2D eigenvalue weighted by atomic mass is 10.0. The highest BCUT2D eigenvalue weighted by molar-refractivity contribution is 14.0. The number of nitrogens with one attached hydrogen (secondary N) is 1. The molecule has 7 heteroatoms. The fourth-order valence-corrected chi connectivity index (χ4v) is 4.58. The Morgan fingerprint density at radius 2 is 2.32 bits per heavy atom. The van der Waals surface area contributed by atoms with Gasteiger partial charge in [-0.3, -0.25) is 9.89 Å². The molecule has 2 aliphatic heterocycles. The van der Waals surface area contributed by atoms with Crippen molar-refractivity contribution in [2.45, 2.75) is 37.8 Å². The van der Waals surface area contributed by atoms with Gasteiger partial charge in [0.25, 0.3) is 0 Å². The monoisotopic (exact) mass is 442 g/mol. The van der Waals surface area contributed by atoms with Crippen molar-refractivity contribution < 1.29 is 5.11 Å². The van der Waals surface area contributed by atoms with Gasteiger partial charge in [-0.05, 0) is 38.1 Å². The number of aliphatic imine (C=N–C) groups is 1. The molecule has 2 atom stereocenters. The van der Waals surface area contributed by atoms with Gasteiger partial charge in [0.05, 0.1) is 5.60 Å². The molecule has 0 amide bonds. The number of rotatable bonds is 5. The van der Waals surface area contributed by atoms with Crippen LogP contribution in [-0.4, -0.2) is 84.3 Å². The van der Waals surface area contributed by atoms with Gasteiger partial charge in [-0.2, -0.15) is 11.8 Å². The van der Waals surface area contributed by atoms with Crippen molar-refractivity contribution in [1.82, 2.24) is 15.1 Å². The van der Waals surface area contributed by atoms with Gasteiger partial charge in [0.2, 0.25) is 0 Å². The van der Waals surface area contributed by atoms with Crippen LogP contribution in [-0.2, 0) is 0 Å². The fourth-order valence-electron chi connectivity index (χ4n) is 3.29. The van der Waals surface area contributed by atoms with E-state index in [0.29, 0.717) is 12.6 Å². The zero-order valence-electron chi connectivity index (χ0n) is 14.0. The Hall–Kier alpha value is 0.270.